The molecule has 0 bridgehead atoms. The molecule has 1 aliphatic rings. The number of carbonyl (C=O) groups excluding carboxylic acids is 1. The van der Waals surface area contributed by atoms with Crippen LogP contribution in [0.3, 0.4) is 0 Å². The van der Waals surface area contributed by atoms with Crippen LogP contribution in [0.1, 0.15) is 20.3 Å². The van der Waals surface area contributed by atoms with Gasteiger partial charge in [-0.1, -0.05) is 13.8 Å². The third kappa shape index (κ3) is 2.67. The van der Waals surface area contributed by atoms with Crippen LogP contribution in [0.5, 0.6) is 0 Å². The second-order valence-corrected chi connectivity index (χ2v) is 4.33. The number of amides is 1. The number of rotatable bonds is 4. The van der Waals surface area contributed by atoms with Crippen LogP contribution < -0.4 is 5.32 Å². The zero-order valence-corrected chi connectivity index (χ0v) is 8.08. The molecule has 0 saturated heterocycles. The first-order chi connectivity index (χ1) is 5.97. The topological polar surface area (TPSA) is 69.6 Å². The van der Waals surface area contributed by atoms with Gasteiger partial charge in [-0.3, -0.25) is 4.79 Å². The number of nitrogens with one attached hydrogen (secondary N) is 1. The van der Waals surface area contributed by atoms with E-state index in [0.29, 0.717) is 0 Å². The molecule has 0 aromatic heterocycles. The van der Waals surface area contributed by atoms with Crippen molar-refractivity contribution < 1.29 is 15.0 Å². The molecule has 3 N–H and O–H groups in total. The van der Waals surface area contributed by atoms with Crippen molar-refractivity contribution in [3.63, 3.8) is 0 Å². The minimum atomic E-state index is -0.842. The number of hydrogen-bond donors (Lipinski definition) is 3. The second-order valence-electron chi connectivity index (χ2n) is 4.33. The summed E-state index contributed by atoms with van der Waals surface area (Å²) in [6.45, 7) is 3.91. The van der Waals surface area contributed by atoms with Crippen LogP contribution in [0.15, 0.2) is 0 Å². The molecular formula is C9H17NO3. The first-order valence-corrected chi connectivity index (χ1v) is 4.54. The van der Waals surface area contributed by atoms with E-state index < -0.39 is 6.10 Å². The van der Waals surface area contributed by atoms with Crippen molar-refractivity contribution in [1.29, 1.82) is 0 Å². The summed E-state index contributed by atoms with van der Waals surface area (Å²) in [6, 6.07) is 0. The molecule has 1 amide bonds. The largest absolute Gasteiger partial charge is 0.394 e. The molecule has 13 heavy (non-hydrogen) atoms. The fraction of sp³-hybridized carbons (Fsp3) is 0.889. The number of aliphatic hydroxyl groups is 2. The van der Waals surface area contributed by atoms with E-state index in [4.69, 9.17) is 10.2 Å². The Bertz CT molecular complexity index is 203. The van der Waals surface area contributed by atoms with Crippen LogP contribution in [0.2, 0.25) is 0 Å². The molecule has 0 heterocycles. The molecular weight excluding hydrogens is 170 g/mol. The molecule has 0 aromatic rings. The zero-order chi connectivity index (χ0) is 10.1. The highest BCUT2D eigenvalue weighted by atomic mass is 16.3. The summed E-state index contributed by atoms with van der Waals surface area (Å²) in [6.07, 6.45) is 0.0689. The molecule has 1 aliphatic carbocycles. The van der Waals surface area contributed by atoms with Crippen LogP contribution in [0.4, 0.5) is 0 Å². The van der Waals surface area contributed by atoms with E-state index in [1.54, 1.807) is 0 Å². The van der Waals surface area contributed by atoms with E-state index in [1.807, 2.05) is 13.8 Å². The molecule has 4 heteroatoms. The maximum atomic E-state index is 11.3. The summed E-state index contributed by atoms with van der Waals surface area (Å²) in [5.41, 5.74) is 0.119. The van der Waals surface area contributed by atoms with Crippen LogP contribution in [-0.2, 0) is 4.79 Å². The van der Waals surface area contributed by atoms with Crippen molar-refractivity contribution in [3.8, 4) is 0 Å². The third-order valence-corrected chi connectivity index (χ3v) is 2.55. The van der Waals surface area contributed by atoms with E-state index in [9.17, 15) is 4.79 Å². The van der Waals surface area contributed by atoms with E-state index in [0.717, 1.165) is 6.42 Å². The van der Waals surface area contributed by atoms with E-state index >= 15 is 0 Å². The van der Waals surface area contributed by atoms with Crippen molar-refractivity contribution in [2.75, 3.05) is 13.2 Å². The third-order valence-electron chi connectivity index (χ3n) is 2.55. The predicted octanol–water partition coefficient (Wildman–Crippen LogP) is -0.498. The standard InChI is InChI=1S/C9H17NO3/c1-9(2)3-7(9)8(13)10-4-6(12)5-11/h6-7,11-12H,3-5H2,1-2H3,(H,10,13). The molecule has 2 atom stereocenters. The summed E-state index contributed by atoms with van der Waals surface area (Å²) in [5, 5.41) is 20.1. The highest BCUT2D eigenvalue weighted by Gasteiger charge is 2.50. The van der Waals surface area contributed by atoms with Gasteiger partial charge in [0.25, 0.3) is 0 Å². The Balaban J connectivity index is 2.20. The minimum absolute atomic E-state index is 0.0162. The quantitative estimate of drug-likeness (QED) is 0.556. The lowest BCUT2D eigenvalue weighted by Crippen LogP contribution is -2.35. The highest BCUT2D eigenvalue weighted by Crippen LogP contribution is 2.51. The summed E-state index contributed by atoms with van der Waals surface area (Å²) in [7, 11) is 0. The number of carbonyl (C=O) groups is 1. The fourth-order valence-electron chi connectivity index (χ4n) is 1.32. The molecule has 1 rings (SSSR count). The van der Waals surface area contributed by atoms with Crippen molar-refractivity contribution in [2.24, 2.45) is 11.3 Å². The van der Waals surface area contributed by atoms with Gasteiger partial charge in [0.05, 0.1) is 12.7 Å². The van der Waals surface area contributed by atoms with Crippen molar-refractivity contribution in [2.45, 2.75) is 26.4 Å². The fourth-order valence-corrected chi connectivity index (χ4v) is 1.32. The van der Waals surface area contributed by atoms with Gasteiger partial charge in [-0.2, -0.15) is 0 Å². The Morgan fingerprint density at radius 1 is 1.69 bits per heavy atom. The van der Waals surface area contributed by atoms with E-state index in [-0.39, 0.29) is 30.4 Å². The lowest BCUT2D eigenvalue weighted by Gasteiger charge is -2.09. The smallest absolute Gasteiger partial charge is 0.223 e. The van der Waals surface area contributed by atoms with Crippen molar-refractivity contribution >= 4 is 5.91 Å². The van der Waals surface area contributed by atoms with Gasteiger partial charge in [-0.15, -0.1) is 0 Å². The van der Waals surface area contributed by atoms with E-state index in [2.05, 4.69) is 5.32 Å². The lowest BCUT2D eigenvalue weighted by atomic mass is 10.1. The molecule has 4 nitrogen and oxygen atoms in total. The maximum absolute atomic E-state index is 11.3. The van der Waals surface area contributed by atoms with E-state index in [1.165, 1.54) is 0 Å². The van der Waals surface area contributed by atoms with Gasteiger partial charge in [-0.25, -0.2) is 0 Å². The second kappa shape index (κ2) is 3.64. The summed E-state index contributed by atoms with van der Waals surface area (Å²) in [5.74, 6) is 0.0656. The zero-order valence-electron chi connectivity index (χ0n) is 8.08. The van der Waals surface area contributed by atoms with Gasteiger partial charge in [0.2, 0.25) is 5.91 Å². The Kier molecular flexibility index (Phi) is 2.93. The number of aliphatic hydroxyl groups excluding tert-OH is 2. The van der Waals surface area contributed by atoms with Gasteiger partial charge in [0, 0.05) is 12.5 Å². The van der Waals surface area contributed by atoms with Gasteiger partial charge in [-0.05, 0) is 11.8 Å². The van der Waals surface area contributed by atoms with Gasteiger partial charge in [0.15, 0.2) is 0 Å². The van der Waals surface area contributed by atoms with Gasteiger partial charge < -0.3 is 15.5 Å². The summed E-state index contributed by atoms with van der Waals surface area (Å²) >= 11 is 0. The monoisotopic (exact) mass is 187 g/mol. The lowest BCUT2D eigenvalue weighted by molar-refractivity contribution is -0.123. The first kappa shape index (κ1) is 10.5. The van der Waals surface area contributed by atoms with Crippen molar-refractivity contribution in [1.82, 2.24) is 5.32 Å². The highest BCUT2D eigenvalue weighted by molar-refractivity contribution is 5.82. The Labute approximate surface area is 78.0 Å². The van der Waals surface area contributed by atoms with Crippen molar-refractivity contribution in [3.05, 3.63) is 0 Å². The first-order valence-electron chi connectivity index (χ1n) is 4.54. The maximum Gasteiger partial charge on any atom is 0.223 e. The normalized spacial score (nSPS) is 26.6. The van der Waals surface area contributed by atoms with Crippen LogP contribution in [0, 0.1) is 11.3 Å². The van der Waals surface area contributed by atoms with Gasteiger partial charge in [0.1, 0.15) is 0 Å². The molecule has 0 aromatic carbocycles. The molecule has 0 radical (unpaired) electrons. The Hall–Kier alpha value is -0.610. The number of hydrogen-bond acceptors (Lipinski definition) is 3. The Morgan fingerprint density at radius 2 is 2.23 bits per heavy atom. The predicted molar refractivity (Wildman–Crippen MR) is 48.0 cm³/mol. The molecule has 2 unspecified atom stereocenters. The minimum Gasteiger partial charge on any atom is -0.394 e. The average Bonchev–Trinajstić information content (AvgIpc) is 2.70. The molecule has 0 aliphatic heterocycles. The van der Waals surface area contributed by atoms with Gasteiger partial charge >= 0.3 is 0 Å². The average molecular weight is 187 g/mol. The van der Waals surface area contributed by atoms with Crippen LogP contribution in [0.25, 0.3) is 0 Å². The molecule has 1 fully saturated rings. The molecule has 76 valence electrons. The molecule has 1 saturated carbocycles. The summed E-state index contributed by atoms with van der Waals surface area (Å²) in [4.78, 5) is 11.3. The van der Waals surface area contributed by atoms with Crippen LogP contribution in [-0.4, -0.2) is 35.4 Å². The summed E-state index contributed by atoms with van der Waals surface area (Å²) < 4.78 is 0. The molecule has 0 spiro atoms. The van der Waals surface area contributed by atoms with Crippen LogP contribution >= 0.6 is 0 Å². The Morgan fingerprint density at radius 3 is 2.62 bits per heavy atom. The SMILES string of the molecule is CC1(C)CC1C(=O)NCC(O)CO.